The minimum atomic E-state index is -0.0163. The third-order valence-electron chi connectivity index (χ3n) is 2.06. The maximum absolute atomic E-state index is 5.84. The Balaban J connectivity index is 2.49. The van der Waals surface area contributed by atoms with Crippen molar-refractivity contribution >= 4 is 21.4 Å². The highest BCUT2D eigenvalue weighted by atomic mass is 32.1. The summed E-state index contributed by atoms with van der Waals surface area (Å²) in [5.74, 6) is 0. The minimum Gasteiger partial charge on any atom is -0.329 e. The molecule has 0 saturated carbocycles. The maximum atomic E-state index is 5.84. The molecule has 2 nitrogen and oxygen atoms in total. The lowest BCUT2D eigenvalue weighted by atomic mass is 10.2. The second kappa shape index (κ2) is 3.46. The number of fused-ring (bicyclic) bond motifs is 1. The van der Waals surface area contributed by atoms with Crippen molar-refractivity contribution in [2.75, 3.05) is 6.54 Å². The van der Waals surface area contributed by atoms with Crippen molar-refractivity contribution in [3.8, 4) is 0 Å². The average molecular weight is 192 g/mol. The zero-order valence-electron chi connectivity index (χ0n) is 7.23. The smallest absolute Gasteiger partial charge is 0.0514 e. The molecule has 0 saturated heterocycles. The molecule has 2 rings (SSSR count). The van der Waals surface area contributed by atoms with E-state index >= 15 is 0 Å². The van der Waals surface area contributed by atoms with E-state index in [0.717, 1.165) is 0 Å². The first-order valence-electron chi connectivity index (χ1n) is 4.25. The summed E-state index contributed by atoms with van der Waals surface area (Å²) >= 11 is 1.72. The first-order chi connectivity index (χ1) is 6.31. The summed E-state index contributed by atoms with van der Waals surface area (Å²) in [6.45, 7) is 0.507. The number of thiophene rings is 1. The van der Waals surface area contributed by atoms with Crippen LogP contribution in [0.4, 0.5) is 0 Å². The Hall–Kier alpha value is -0.900. The second-order valence-corrected chi connectivity index (χ2v) is 4.14. The van der Waals surface area contributed by atoms with Crippen LogP contribution in [-0.4, -0.2) is 6.54 Å². The van der Waals surface area contributed by atoms with Gasteiger partial charge in [-0.1, -0.05) is 18.2 Å². The first kappa shape index (κ1) is 8.69. The molecule has 0 unspecified atom stereocenters. The lowest BCUT2D eigenvalue weighted by Crippen LogP contribution is -2.19. The van der Waals surface area contributed by atoms with Crippen LogP contribution < -0.4 is 11.5 Å². The third-order valence-corrected chi connectivity index (χ3v) is 3.31. The van der Waals surface area contributed by atoms with Gasteiger partial charge < -0.3 is 11.5 Å². The molecule has 0 spiro atoms. The highest BCUT2D eigenvalue weighted by molar-refractivity contribution is 7.19. The summed E-state index contributed by atoms with van der Waals surface area (Å²) < 4.78 is 1.28. The van der Waals surface area contributed by atoms with E-state index in [0.29, 0.717) is 6.54 Å². The van der Waals surface area contributed by atoms with Gasteiger partial charge in [-0.15, -0.1) is 11.3 Å². The van der Waals surface area contributed by atoms with Crippen LogP contribution in [0.15, 0.2) is 30.3 Å². The van der Waals surface area contributed by atoms with Crippen molar-refractivity contribution in [3.63, 3.8) is 0 Å². The van der Waals surface area contributed by atoms with Crippen molar-refractivity contribution in [2.24, 2.45) is 11.5 Å². The molecule has 4 N–H and O–H groups in total. The number of nitrogens with two attached hydrogens (primary N) is 2. The lowest BCUT2D eigenvalue weighted by molar-refractivity contribution is 0.752. The van der Waals surface area contributed by atoms with Gasteiger partial charge in [0.2, 0.25) is 0 Å². The van der Waals surface area contributed by atoms with E-state index in [1.54, 1.807) is 11.3 Å². The summed E-state index contributed by atoms with van der Waals surface area (Å²) in [5.41, 5.74) is 11.4. The fourth-order valence-corrected chi connectivity index (χ4v) is 2.38. The van der Waals surface area contributed by atoms with Gasteiger partial charge in [0, 0.05) is 16.1 Å². The molecule has 0 amide bonds. The molecule has 1 aromatic carbocycles. The van der Waals surface area contributed by atoms with Gasteiger partial charge in [0.1, 0.15) is 0 Å². The molecule has 13 heavy (non-hydrogen) atoms. The molecule has 1 aromatic heterocycles. The van der Waals surface area contributed by atoms with E-state index in [9.17, 15) is 0 Å². The molecule has 0 radical (unpaired) electrons. The number of rotatable bonds is 2. The largest absolute Gasteiger partial charge is 0.329 e. The first-order valence-corrected chi connectivity index (χ1v) is 5.07. The predicted octanol–water partition coefficient (Wildman–Crippen LogP) is 1.86. The van der Waals surface area contributed by atoms with Crippen molar-refractivity contribution in [3.05, 3.63) is 35.2 Å². The van der Waals surface area contributed by atoms with E-state index < -0.39 is 0 Å². The van der Waals surface area contributed by atoms with Crippen LogP contribution in [0.1, 0.15) is 10.9 Å². The molecule has 68 valence electrons. The van der Waals surface area contributed by atoms with E-state index in [2.05, 4.69) is 18.2 Å². The van der Waals surface area contributed by atoms with Crippen LogP contribution >= 0.6 is 11.3 Å². The maximum Gasteiger partial charge on any atom is 0.0514 e. The molecule has 0 fully saturated rings. The fourth-order valence-electron chi connectivity index (χ4n) is 1.30. The van der Waals surface area contributed by atoms with Gasteiger partial charge in [0.05, 0.1) is 6.04 Å². The third kappa shape index (κ3) is 1.58. The van der Waals surface area contributed by atoms with Gasteiger partial charge in [-0.25, -0.2) is 0 Å². The van der Waals surface area contributed by atoms with Gasteiger partial charge in [-0.3, -0.25) is 0 Å². The molecule has 2 aromatic rings. The number of hydrogen-bond donors (Lipinski definition) is 2. The molecule has 0 aliphatic heterocycles. The molecular formula is C10H12N2S. The van der Waals surface area contributed by atoms with E-state index in [-0.39, 0.29) is 6.04 Å². The Morgan fingerprint density at radius 1 is 1.31 bits per heavy atom. The standard InChI is InChI=1S/C10H12N2S/c11-6-8(12)10-5-7-3-1-2-4-9(7)13-10/h1-5,8H,6,11-12H2/t8-/m0/s1. The second-order valence-electron chi connectivity index (χ2n) is 3.03. The Labute approximate surface area is 81.2 Å². The molecule has 1 heterocycles. The SMILES string of the molecule is NC[C@H](N)c1cc2ccccc2s1. The predicted molar refractivity (Wildman–Crippen MR) is 57.8 cm³/mol. The van der Waals surface area contributed by atoms with Crippen molar-refractivity contribution in [1.82, 2.24) is 0 Å². The van der Waals surface area contributed by atoms with Crippen molar-refractivity contribution in [1.29, 1.82) is 0 Å². The van der Waals surface area contributed by atoms with Crippen LogP contribution in [0.5, 0.6) is 0 Å². The van der Waals surface area contributed by atoms with E-state index in [4.69, 9.17) is 11.5 Å². The van der Waals surface area contributed by atoms with Gasteiger partial charge in [0.25, 0.3) is 0 Å². The fraction of sp³-hybridized carbons (Fsp3) is 0.200. The number of benzene rings is 1. The molecule has 0 aliphatic carbocycles. The average Bonchev–Trinajstić information content (AvgIpc) is 2.59. The van der Waals surface area contributed by atoms with Crippen molar-refractivity contribution in [2.45, 2.75) is 6.04 Å². The number of hydrogen-bond acceptors (Lipinski definition) is 3. The van der Waals surface area contributed by atoms with Crippen LogP contribution in [0, 0.1) is 0 Å². The van der Waals surface area contributed by atoms with Crippen LogP contribution in [0.25, 0.3) is 10.1 Å². The summed E-state index contributed by atoms with van der Waals surface area (Å²) in [7, 11) is 0. The molecule has 3 heteroatoms. The monoisotopic (exact) mass is 192 g/mol. The summed E-state index contributed by atoms with van der Waals surface area (Å²) in [5, 5.41) is 1.26. The van der Waals surface area contributed by atoms with Crippen LogP contribution in [0.3, 0.4) is 0 Å². The van der Waals surface area contributed by atoms with Gasteiger partial charge >= 0.3 is 0 Å². The minimum absolute atomic E-state index is 0.0163. The van der Waals surface area contributed by atoms with Gasteiger partial charge in [-0.05, 0) is 17.5 Å². The van der Waals surface area contributed by atoms with E-state index in [1.807, 2.05) is 12.1 Å². The zero-order chi connectivity index (χ0) is 9.26. The Kier molecular flexibility index (Phi) is 2.31. The Bertz CT molecular complexity index is 375. The van der Waals surface area contributed by atoms with E-state index in [1.165, 1.54) is 15.0 Å². The molecule has 1 atom stereocenters. The summed E-state index contributed by atoms with van der Waals surface area (Å²) in [6.07, 6.45) is 0. The van der Waals surface area contributed by atoms with Gasteiger partial charge in [0.15, 0.2) is 0 Å². The Morgan fingerprint density at radius 3 is 2.77 bits per heavy atom. The summed E-state index contributed by atoms with van der Waals surface area (Å²) in [6, 6.07) is 10.4. The molecular weight excluding hydrogens is 180 g/mol. The van der Waals surface area contributed by atoms with Crippen molar-refractivity contribution < 1.29 is 0 Å². The normalized spacial score (nSPS) is 13.4. The highest BCUT2D eigenvalue weighted by Gasteiger charge is 2.07. The summed E-state index contributed by atoms with van der Waals surface area (Å²) in [4.78, 5) is 1.17. The molecule has 0 aliphatic rings. The van der Waals surface area contributed by atoms with Crippen LogP contribution in [-0.2, 0) is 0 Å². The zero-order valence-corrected chi connectivity index (χ0v) is 8.05. The highest BCUT2D eigenvalue weighted by Crippen LogP contribution is 2.28. The topological polar surface area (TPSA) is 52.0 Å². The Morgan fingerprint density at radius 2 is 2.08 bits per heavy atom. The molecule has 0 bridgehead atoms. The lowest BCUT2D eigenvalue weighted by Gasteiger charge is -2.02. The van der Waals surface area contributed by atoms with Gasteiger partial charge in [-0.2, -0.15) is 0 Å². The quantitative estimate of drug-likeness (QED) is 0.763. The van der Waals surface area contributed by atoms with Crippen LogP contribution in [0.2, 0.25) is 0 Å².